The number of aromatic amines is 2. The van der Waals surface area contributed by atoms with Gasteiger partial charge < -0.3 is 50.9 Å². The number of carbonyl (C=O) groups excluding carboxylic acids is 5. The minimum Gasteiger partial charge on any atom is -0.507 e. The molecular formula is C66H58Cl2N8O7. The second kappa shape index (κ2) is 22.7. The number of H-pyrrole nitrogens is 2. The molecule has 10 aromatic rings. The minimum atomic E-state index is -0.399. The van der Waals surface area contributed by atoms with Crippen LogP contribution in [0, 0.1) is 0 Å². The molecule has 13 rings (SSSR count). The first-order chi connectivity index (χ1) is 40.2. The Bertz CT molecular complexity index is 4210. The number of likely N-dealkylation sites (N-methyl/N-ethyl adjacent to an activating group) is 1. The number of hydrogen-bond donors (Lipinski definition) is 5. The molecule has 3 aliphatic heterocycles. The van der Waals surface area contributed by atoms with E-state index in [-0.39, 0.29) is 53.8 Å². The average molecular weight is 1150 g/mol. The van der Waals surface area contributed by atoms with Crippen LogP contribution >= 0.6 is 23.2 Å². The topological polar surface area (TPSA) is 211 Å². The van der Waals surface area contributed by atoms with Crippen LogP contribution in [0.15, 0.2) is 158 Å². The van der Waals surface area contributed by atoms with Gasteiger partial charge in [0.2, 0.25) is 0 Å². The fourth-order valence-electron chi connectivity index (χ4n) is 11.7. The lowest BCUT2D eigenvalue weighted by Gasteiger charge is -2.31. The van der Waals surface area contributed by atoms with Crippen LogP contribution < -0.4 is 26.0 Å². The highest BCUT2D eigenvalue weighted by molar-refractivity contribution is 6.20. The van der Waals surface area contributed by atoms with Gasteiger partial charge in [-0.25, -0.2) is 4.79 Å². The predicted octanol–water partition coefficient (Wildman–Crippen LogP) is 12.1. The lowest BCUT2D eigenvalue weighted by Crippen LogP contribution is -2.48. The number of Topliss-reactive ketones (excluding diaryl/α,β-unsaturated/α-hetero) is 2. The number of anilines is 4. The Hall–Kier alpha value is -9.15. The molecule has 8 aromatic carbocycles. The van der Waals surface area contributed by atoms with Crippen LogP contribution in [0.4, 0.5) is 27.5 Å². The number of ether oxygens (including phenoxy) is 1. The van der Waals surface area contributed by atoms with Gasteiger partial charge in [-0.05, 0) is 125 Å². The number of carbonyl (C=O) groups is 5. The van der Waals surface area contributed by atoms with Gasteiger partial charge in [0, 0.05) is 143 Å². The van der Waals surface area contributed by atoms with Gasteiger partial charge in [-0.15, -0.1) is 23.2 Å². The standard InChI is InChI=1S/C36H34ClN5O4.C30H24ClN3O3/c1-40-12-14-41(15-13-40)36(45)46-33-19-31-34(28-5-3-2-4-27(28)33)25(20-37)21-42(31)35(44)30-18-24-16-22(6-11-29(24)39-30)17-32(43)23-7-9-26(38)10-8-23;31-15-20-16-34(26-14-28(36)22-3-1-2-4-23(22)29(20)26)30(37)25-13-19-11-17(5-10-24(19)33-25)12-27(35)18-6-8-21(32)9-7-18/h2-11,16,18-19,25,39H,12-15,17,20-21,38H2,1H3;1-11,13-14,20,33,36H,12,15-16,32H2. The molecule has 1 fully saturated rings. The Kier molecular flexibility index (Phi) is 14.9. The zero-order valence-corrected chi connectivity index (χ0v) is 46.8. The number of phenols is 1. The first-order valence-electron chi connectivity index (χ1n) is 27.4. The van der Waals surface area contributed by atoms with E-state index in [1.54, 1.807) is 75.4 Å². The third-order valence-electron chi connectivity index (χ3n) is 16.1. The van der Waals surface area contributed by atoms with Crippen molar-refractivity contribution in [2.24, 2.45) is 0 Å². The zero-order chi connectivity index (χ0) is 57.6. The molecule has 3 amide bonds. The Balaban J connectivity index is 0.000000168. The van der Waals surface area contributed by atoms with E-state index in [1.807, 2.05) is 104 Å². The molecule has 1 saturated heterocycles. The average Bonchev–Trinajstić information content (AvgIpc) is 4.46. The summed E-state index contributed by atoms with van der Waals surface area (Å²) >= 11 is 12.8. The Morgan fingerprint density at radius 2 is 1.00 bits per heavy atom. The Labute approximate surface area is 487 Å². The van der Waals surface area contributed by atoms with E-state index in [1.165, 1.54) is 0 Å². The largest absolute Gasteiger partial charge is 0.507 e. The number of nitrogens with two attached hydrogens (primary N) is 2. The Morgan fingerprint density at radius 1 is 0.554 bits per heavy atom. The van der Waals surface area contributed by atoms with Crippen molar-refractivity contribution < 1.29 is 33.8 Å². The molecule has 0 saturated carbocycles. The van der Waals surface area contributed by atoms with E-state index < -0.39 is 6.09 Å². The summed E-state index contributed by atoms with van der Waals surface area (Å²) in [4.78, 5) is 80.4. The number of nitrogens with zero attached hydrogens (tertiary/aromatic N) is 4. The number of fused-ring (bicyclic) bond motifs is 8. The number of nitrogen functional groups attached to an aromatic ring is 2. The van der Waals surface area contributed by atoms with E-state index in [4.69, 9.17) is 39.4 Å². The second-order valence-corrected chi connectivity index (χ2v) is 22.2. The third-order valence-corrected chi connectivity index (χ3v) is 16.9. The lowest BCUT2D eigenvalue weighted by atomic mass is 9.95. The van der Waals surface area contributed by atoms with Gasteiger partial charge in [0.1, 0.15) is 22.9 Å². The molecule has 418 valence electrons. The van der Waals surface area contributed by atoms with Crippen LogP contribution in [0.3, 0.4) is 0 Å². The molecule has 0 spiro atoms. The van der Waals surface area contributed by atoms with Crippen LogP contribution in [0.25, 0.3) is 43.4 Å². The highest BCUT2D eigenvalue weighted by Gasteiger charge is 2.38. The summed E-state index contributed by atoms with van der Waals surface area (Å²) in [5.74, 6) is 0.693. The highest BCUT2D eigenvalue weighted by atomic mass is 35.5. The number of halogens is 2. The van der Waals surface area contributed by atoms with E-state index in [0.29, 0.717) is 89.0 Å². The maximum absolute atomic E-state index is 14.1. The van der Waals surface area contributed by atoms with Crippen molar-refractivity contribution in [2.45, 2.75) is 24.7 Å². The number of benzene rings is 8. The first-order valence-corrected chi connectivity index (χ1v) is 28.5. The Morgan fingerprint density at radius 3 is 1.48 bits per heavy atom. The van der Waals surface area contributed by atoms with Gasteiger partial charge in [0.15, 0.2) is 11.6 Å². The SMILES string of the molecule is CN1CCN(C(=O)Oc2cc3c(c4ccccc24)C(CCl)CN3C(=O)c2cc3cc(CC(=O)c4ccc(N)cc4)ccc3[nH]2)CC1.Nc1ccc(C(=O)Cc2ccc3[nH]c(C(=O)N4CC(CCl)c5c4cc(O)c4ccccc54)cc3c2)cc1. The normalized spacial score (nSPS) is 15.8. The molecule has 3 aliphatic rings. The molecular weight excluding hydrogens is 1090 g/mol. The van der Waals surface area contributed by atoms with Gasteiger partial charge in [0.05, 0.1) is 11.4 Å². The maximum Gasteiger partial charge on any atom is 0.415 e. The molecule has 0 aliphatic carbocycles. The van der Waals surface area contributed by atoms with Crippen molar-refractivity contribution in [3.63, 3.8) is 0 Å². The predicted molar refractivity (Wildman–Crippen MR) is 329 cm³/mol. The van der Waals surface area contributed by atoms with Crippen LogP contribution in [0.5, 0.6) is 11.5 Å². The molecule has 5 heterocycles. The van der Waals surface area contributed by atoms with Crippen LogP contribution in [-0.2, 0) is 12.8 Å². The smallest absolute Gasteiger partial charge is 0.415 e. The van der Waals surface area contributed by atoms with Crippen molar-refractivity contribution >= 4 is 119 Å². The number of hydrogen-bond acceptors (Lipinski definition) is 10. The summed E-state index contributed by atoms with van der Waals surface area (Å²) in [5, 5.41) is 15.7. The summed E-state index contributed by atoms with van der Waals surface area (Å²) in [6.07, 6.45) is 0.0788. The quantitative estimate of drug-likeness (QED) is 0.0470. The summed E-state index contributed by atoms with van der Waals surface area (Å²) in [7, 11) is 2.03. The second-order valence-electron chi connectivity index (χ2n) is 21.6. The molecule has 0 bridgehead atoms. The van der Waals surface area contributed by atoms with E-state index >= 15 is 0 Å². The number of aromatic nitrogens is 2. The highest BCUT2D eigenvalue weighted by Crippen LogP contribution is 2.48. The molecule has 2 atom stereocenters. The summed E-state index contributed by atoms with van der Waals surface area (Å²) < 4.78 is 6.02. The van der Waals surface area contributed by atoms with Gasteiger partial charge >= 0.3 is 6.09 Å². The number of nitrogens with one attached hydrogen (secondary N) is 2. The number of piperazine rings is 1. The van der Waals surface area contributed by atoms with E-state index in [0.717, 1.165) is 78.7 Å². The lowest BCUT2D eigenvalue weighted by molar-refractivity contribution is 0.0977. The number of aromatic hydroxyl groups is 1. The van der Waals surface area contributed by atoms with Gasteiger partial charge in [0.25, 0.3) is 11.8 Å². The fraction of sp³-hybridized carbons (Fsp3) is 0.197. The number of alkyl halides is 2. The van der Waals surface area contributed by atoms with Crippen LogP contribution in [0.1, 0.15) is 75.8 Å². The fourth-order valence-corrected chi connectivity index (χ4v) is 12.2. The van der Waals surface area contributed by atoms with Crippen LogP contribution in [-0.4, -0.2) is 112 Å². The zero-order valence-electron chi connectivity index (χ0n) is 45.3. The monoisotopic (exact) mass is 1140 g/mol. The summed E-state index contributed by atoms with van der Waals surface area (Å²) in [6, 6.07) is 47.7. The van der Waals surface area contributed by atoms with Crippen molar-refractivity contribution in [2.75, 3.05) is 79.3 Å². The van der Waals surface area contributed by atoms with E-state index in [9.17, 15) is 29.1 Å². The van der Waals surface area contributed by atoms with Crippen molar-refractivity contribution in [1.82, 2.24) is 19.8 Å². The molecule has 2 aromatic heterocycles. The van der Waals surface area contributed by atoms with Crippen molar-refractivity contribution in [3.8, 4) is 11.5 Å². The van der Waals surface area contributed by atoms with Gasteiger partial charge in [-0.3, -0.25) is 19.2 Å². The third kappa shape index (κ3) is 10.7. The molecule has 83 heavy (non-hydrogen) atoms. The summed E-state index contributed by atoms with van der Waals surface area (Å²) in [5.41, 5.74) is 21.4. The van der Waals surface area contributed by atoms with Crippen LogP contribution in [0.2, 0.25) is 0 Å². The number of phenolic OH excluding ortho intramolecular Hbond substituents is 1. The number of amides is 3. The molecule has 0 radical (unpaired) electrons. The summed E-state index contributed by atoms with van der Waals surface area (Å²) in [6.45, 7) is 3.58. The first kappa shape index (κ1) is 54.4. The van der Waals surface area contributed by atoms with Crippen molar-refractivity contribution in [3.05, 3.63) is 202 Å². The molecule has 17 heteroatoms. The van der Waals surface area contributed by atoms with Gasteiger partial charge in [-0.2, -0.15) is 0 Å². The molecule has 7 N–H and O–H groups in total. The number of rotatable bonds is 11. The molecule has 2 unspecified atom stereocenters. The van der Waals surface area contributed by atoms with Crippen molar-refractivity contribution in [1.29, 1.82) is 0 Å². The maximum atomic E-state index is 14.1. The molecule has 15 nitrogen and oxygen atoms in total. The van der Waals surface area contributed by atoms with E-state index in [2.05, 4.69) is 14.9 Å². The number of ketones is 2. The van der Waals surface area contributed by atoms with Gasteiger partial charge in [-0.1, -0.05) is 60.7 Å². The minimum absolute atomic E-state index is 0.000917.